The highest BCUT2D eigenvalue weighted by atomic mass is 16.5. The molecule has 0 spiro atoms. The van der Waals surface area contributed by atoms with E-state index in [1.54, 1.807) is 6.20 Å². The number of aromatic nitrogens is 1. The van der Waals surface area contributed by atoms with Crippen molar-refractivity contribution in [1.82, 2.24) is 4.98 Å². The molecule has 1 atom stereocenters. The second-order valence-corrected chi connectivity index (χ2v) is 4.43. The largest absolute Gasteiger partial charge is 0.469 e. The summed E-state index contributed by atoms with van der Waals surface area (Å²) in [7, 11) is 1.40. The molecular weight excluding hydrogens is 202 g/mol. The average Bonchev–Trinajstić information content (AvgIpc) is 2.27. The predicted octanol–water partition coefficient (Wildman–Crippen LogP) is 2.56. The number of pyridine rings is 1. The highest BCUT2D eigenvalue weighted by Gasteiger charge is 2.15. The number of esters is 1. The van der Waals surface area contributed by atoms with Gasteiger partial charge in [0.25, 0.3) is 0 Å². The molecule has 1 aromatic rings. The van der Waals surface area contributed by atoms with Gasteiger partial charge in [-0.3, -0.25) is 9.78 Å². The summed E-state index contributed by atoms with van der Waals surface area (Å²) in [5.74, 6) is 0.125. The van der Waals surface area contributed by atoms with Crippen LogP contribution in [-0.2, 0) is 16.0 Å². The van der Waals surface area contributed by atoms with Gasteiger partial charge in [-0.15, -0.1) is 0 Å². The molecule has 1 heterocycles. The first-order chi connectivity index (χ1) is 7.54. The van der Waals surface area contributed by atoms with E-state index in [4.69, 9.17) is 4.74 Å². The SMILES string of the molecule is COC(=O)[C@@H](C)c1ccc(CC(C)C)nc1. The maximum atomic E-state index is 11.3. The lowest BCUT2D eigenvalue weighted by atomic mass is 10.0. The number of rotatable bonds is 4. The Labute approximate surface area is 96.8 Å². The first-order valence-electron chi connectivity index (χ1n) is 5.57. The van der Waals surface area contributed by atoms with Gasteiger partial charge in [-0.05, 0) is 30.9 Å². The van der Waals surface area contributed by atoms with Crippen molar-refractivity contribution in [3.8, 4) is 0 Å². The molecule has 3 nitrogen and oxygen atoms in total. The number of ether oxygens (including phenoxy) is 1. The maximum absolute atomic E-state index is 11.3. The van der Waals surface area contributed by atoms with Crippen LogP contribution in [0.25, 0.3) is 0 Å². The number of carbonyl (C=O) groups is 1. The summed E-state index contributed by atoms with van der Waals surface area (Å²) < 4.78 is 4.69. The Morgan fingerprint density at radius 1 is 1.38 bits per heavy atom. The molecule has 0 saturated carbocycles. The van der Waals surface area contributed by atoms with Gasteiger partial charge in [-0.1, -0.05) is 19.9 Å². The normalized spacial score (nSPS) is 12.6. The van der Waals surface area contributed by atoms with Gasteiger partial charge in [0, 0.05) is 11.9 Å². The van der Waals surface area contributed by atoms with Gasteiger partial charge in [-0.2, -0.15) is 0 Å². The van der Waals surface area contributed by atoms with Crippen LogP contribution in [-0.4, -0.2) is 18.1 Å². The second kappa shape index (κ2) is 5.64. The third-order valence-electron chi connectivity index (χ3n) is 2.52. The van der Waals surface area contributed by atoms with E-state index in [1.807, 2.05) is 19.1 Å². The third-order valence-corrected chi connectivity index (χ3v) is 2.52. The van der Waals surface area contributed by atoms with E-state index in [2.05, 4.69) is 18.8 Å². The van der Waals surface area contributed by atoms with Crippen molar-refractivity contribution < 1.29 is 9.53 Å². The molecule has 0 bridgehead atoms. The van der Waals surface area contributed by atoms with Crippen LogP contribution in [0.15, 0.2) is 18.3 Å². The lowest BCUT2D eigenvalue weighted by molar-refractivity contribution is -0.142. The van der Waals surface area contributed by atoms with Crippen molar-refractivity contribution in [2.75, 3.05) is 7.11 Å². The molecule has 0 aliphatic heterocycles. The maximum Gasteiger partial charge on any atom is 0.312 e. The molecule has 3 heteroatoms. The van der Waals surface area contributed by atoms with Gasteiger partial charge < -0.3 is 4.74 Å². The van der Waals surface area contributed by atoms with E-state index in [-0.39, 0.29) is 11.9 Å². The second-order valence-electron chi connectivity index (χ2n) is 4.43. The zero-order valence-electron chi connectivity index (χ0n) is 10.4. The van der Waals surface area contributed by atoms with Crippen LogP contribution < -0.4 is 0 Å². The highest BCUT2D eigenvalue weighted by Crippen LogP contribution is 2.16. The fourth-order valence-electron chi connectivity index (χ4n) is 1.54. The summed E-state index contributed by atoms with van der Waals surface area (Å²) in [5.41, 5.74) is 1.97. The molecule has 0 N–H and O–H groups in total. The molecule has 0 saturated heterocycles. The van der Waals surface area contributed by atoms with Crippen LogP contribution in [0.4, 0.5) is 0 Å². The molecule has 0 amide bonds. The summed E-state index contributed by atoms with van der Waals surface area (Å²) in [6.07, 6.45) is 2.73. The van der Waals surface area contributed by atoms with Crippen molar-refractivity contribution in [3.05, 3.63) is 29.6 Å². The molecule has 0 aliphatic rings. The van der Waals surface area contributed by atoms with Gasteiger partial charge in [-0.25, -0.2) is 0 Å². The predicted molar refractivity (Wildman–Crippen MR) is 63.2 cm³/mol. The Balaban J connectivity index is 2.74. The Kier molecular flexibility index (Phi) is 4.47. The van der Waals surface area contributed by atoms with Gasteiger partial charge in [0.2, 0.25) is 0 Å². The lowest BCUT2D eigenvalue weighted by Crippen LogP contribution is -2.11. The molecule has 0 unspecified atom stereocenters. The minimum Gasteiger partial charge on any atom is -0.469 e. The highest BCUT2D eigenvalue weighted by molar-refractivity contribution is 5.77. The van der Waals surface area contributed by atoms with E-state index in [0.717, 1.165) is 17.7 Å². The summed E-state index contributed by atoms with van der Waals surface area (Å²) in [6.45, 7) is 6.14. The first kappa shape index (κ1) is 12.7. The monoisotopic (exact) mass is 221 g/mol. The van der Waals surface area contributed by atoms with Gasteiger partial charge in [0.05, 0.1) is 13.0 Å². The number of methoxy groups -OCH3 is 1. The molecule has 0 radical (unpaired) electrons. The lowest BCUT2D eigenvalue weighted by Gasteiger charge is -2.10. The van der Waals surface area contributed by atoms with Gasteiger partial charge in [0.1, 0.15) is 0 Å². The van der Waals surface area contributed by atoms with Gasteiger partial charge >= 0.3 is 5.97 Å². The van der Waals surface area contributed by atoms with Crippen LogP contribution in [0, 0.1) is 5.92 Å². The number of nitrogens with zero attached hydrogens (tertiary/aromatic N) is 1. The fourth-order valence-corrected chi connectivity index (χ4v) is 1.54. The van der Waals surface area contributed by atoms with Crippen LogP contribution in [0.1, 0.15) is 37.9 Å². The molecule has 16 heavy (non-hydrogen) atoms. The minimum absolute atomic E-state index is 0.224. The summed E-state index contributed by atoms with van der Waals surface area (Å²) in [5, 5.41) is 0. The van der Waals surface area contributed by atoms with Crippen LogP contribution in [0.5, 0.6) is 0 Å². The smallest absolute Gasteiger partial charge is 0.312 e. The van der Waals surface area contributed by atoms with Crippen molar-refractivity contribution >= 4 is 5.97 Å². The van der Waals surface area contributed by atoms with Crippen LogP contribution in [0.3, 0.4) is 0 Å². The number of hydrogen-bond acceptors (Lipinski definition) is 3. The first-order valence-corrected chi connectivity index (χ1v) is 5.57. The van der Waals surface area contributed by atoms with Crippen LogP contribution in [0.2, 0.25) is 0 Å². The third kappa shape index (κ3) is 3.33. The van der Waals surface area contributed by atoms with Crippen molar-refractivity contribution in [2.45, 2.75) is 33.1 Å². The van der Waals surface area contributed by atoms with Crippen LogP contribution >= 0.6 is 0 Å². The molecule has 0 fully saturated rings. The average molecular weight is 221 g/mol. The number of carbonyl (C=O) groups excluding carboxylic acids is 1. The summed E-state index contributed by atoms with van der Waals surface area (Å²) >= 11 is 0. The Bertz CT molecular complexity index is 343. The Morgan fingerprint density at radius 3 is 2.50 bits per heavy atom. The zero-order valence-corrected chi connectivity index (χ0v) is 10.4. The van der Waals surface area contributed by atoms with Crippen molar-refractivity contribution in [1.29, 1.82) is 0 Å². The van der Waals surface area contributed by atoms with E-state index >= 15 is 0 Å². The quantitative estimate of drug-likeness (QED) is 0.733. The fraction of sp³-hybridized carbons (Fsp3) is 0.538. The molecular formula is C13H19NO2. The van der Waals surface area contributed by atoms with Crippen molar-refractivity contribution in [3.63, 3.8) is 0 Å². The Hall–Kier alpha value is -1.38. The summed E-state index contributed by atoms with van der Waals surface area (Å²) in [4.78, 5) is 15.7. The minimum atomic E-state index is -0.245. The molecule has 0 aliphatic carbocycles. The molecule has 88 valence electrons. The molecule has 0 aromatic carbocycles. The van der Waals surface area contributed by atoms with Crippen molar-refractivity contribution in [2.24, 2.45) is 5.92 Å². The topological polar surface area (TPSA) is 39.2 Å². The summed E-state index contributed by atoms with van der Waals surface area (Å²) in [6, 6.07) is 3.93. The Morgan fingerprint density at radius 2 is 2.06 bits per heavy atom. The van der Waals surface area contributed by atoms with E-state index < -0.39 is 0 Å². The standard InChI is InChI=1S/C13H19NO2/c1-9(2)7-12-6-5-11(8-14-12)10(3)13(15)16-4/h5-6,8-10H,7H2,1-4H3/t10-/m0/s1. The van der Waals surface area contributed by atoms with Gasteiger partial charge in [0.15, 0.2) is 0 Å². The van der Waals surface area contributed by atoms with E-state index in [0.29, 0.717) is 5.92 Å². The number of hydrogen-bond donors (Lipinski definition) is 0. The van der Waals surface area contributed by atoms with E-state index in [9.17, 15) is 4.79 Å². The zero-order chi connectivity index (χ0) is 12.1. The van der Waals surface area contributed by atoms with E-state index in [1.165, 1.54) is 7.11 Å². The molecule has 1 rings (SSSR count). The molecule has 1 aromatic heterocycles.